The first-order valence-electron chi connectivity index (χ1n) is 6.17. The van der Waals surface area contributed by atoms with Crippen LogP contribution in [0.15, 0.2) is 28.7 Å². The Bertz CT molecular complexity index is 299. The molecule has 90 valence electrons. The Labute approximate surface area is 108 Å². The quantitative estimate of drug-likeness (QED) is 0.746. The fourth-order valence-electron chi connectivity index (χ4n) is 1.82. The van der Waals surface area contributed by atoms with Gasteiger partial charge in [0.25, 0.3) is 0 Å². The number of hydrogen-bond acceptors (Lipinski definition) is 1. The van der Waals surface area contributed by atoms with Gasteiger partial charge in [-0.15, -0.1) is 0 Å². The van der Waals surface area contributed by atoms with E-state index in [1.54, 1.807) is 0 Å². The van der Waals surface area contributed by atoms with Crippen molar-refractivity contribution in [2.75, 3.05) is 13.1 Å². The Morgan fingerprint density at radius 3 is 2.81 bits per heavy atom. The lowest BCUT2D eigenvalue weighted by Crippen LogP contribution is -2.18. The maximum absolute atomic E-state index is 3.51. The molecule has 1 aromatic carbocycles. The second kappa shape index (κ2) is 7.86. The smallest absolute Gasteiger partial charge is 0.0177 e. The number of benzene rings is 1. The summed E-state index contributed by atoms with van der Waals surface area (Å²) >= 11 is 3.51. The molecule has 0 spiro atoms. The van der Waals surface area contributed by atoms with E-state index in [0.29, 0.717) is 0 Å². The summed E-state index contributed by atoms with van der Waals surface area (Å²) in [5.74, 6) is 0.749. The third-order valence-corrected chi connectivity index (χ3v) is 3.21. The maximum Gasteiger partial charge on any atom is 0.0177 e. The van der Waals surface area contributed by atoms with Gasteiger partial charge in [-0.1, -0.05) is 41.9 Å². The molecule has 1 nitrogen and oxygen atoms in total. The summed E-state index contributed by atoms with van der Waals surface area (Å²) in [5, 5.41) is 3.45. The predicted octanol–water partition coefficient (Wildman–Crippen LogP) is 4.02. The molecule has 0 aromatic heterocycles. The van der Waals surface area contributed by atoms with Gasteiger partial charge < -0.3 is 5.32 Å². The van der Waals surface area contributed by atoms with Crippen molar-refractivity contribution in [3.63, 3.8) is 0 Å². The molecule has 0 aliphatic rings. The van der Waals surface area contributed by atoms with E-state index in [1.165, 1.54) is 29.3 Å². The van der Waals surface area contributed by atoms with Crippen LogP contribution in [-0.4, -0.2) is 13.1 Å². The van der Waals surface area contributed by atoms with Gasteiger partial charge in [-0.2, -0.15) is 0 Å². The van der Waals surface area contributed by atoms with Gasteiger partial charge in [0.15, 0.2) is 0 Å². The van der Waals surface area contributed by atoms with Crippen molar-refractivity contribution in [1.29, 1.82) is 0 Å². The van der Waals surface area contributed by atoms with Gasteiger partial charge in [-0.3, -0.25) is 0 Å². The third-order valence-electron chi connectivity index (χ3n) is 2.71. The molecule has 1 rings (SSSR count). The lowest BCUT2D eigenvalue weighted by atomic mass is 9.98. The van der Waals surface area contributed by atoms with Crippen LogP contribution in [0.25, 0.3) is 0 Å². The second-order valence-electron chi connectivity index (χ2n) is 4.48. The van der Waals surface area contributed by atoms with E-state index >= 15 is 0 Å². The van der Waals surface area contributed by atoms with Crippen LogP contribution in [0.2, 0.25) is 0 Å². The molecular weight excluding hydrogens is 262 g/mol. The molecule has 0 aliphatic heterocycles. The molecule has 0 radical (unpaired) electrons. The van der Waals surface area contributed by atoms with Gasteiger partial charge >= 0.3 is 0 Å². The first kappa shape index (κ1) is 13.7. The van der Waals surface area contributed by atoms with Gasteiger partial charge in [0.05, 0.1) is 0 Å². The fourth-order valence-corrected chi connectivity index (χ4v) is 2.27. The lowest BCUT2D eigenvalue weighted by Gasteiger charge is -2.12. The number of hydrogen-bond donors (Lipinski definition) is 1. The van der Waals surface area contributed by atoms with E-state index in [4.69, 9.17) is 0 Å². The van der Waals surface area contributed by atoms with Gasteiger partial charge in [0, 0.05) is 4.47 Å². The van der Waals surface area contributed by atoms with Crippen molar-refractivity contribution in [3.8, 4) is 0 Å². The molecule has 1 aromatic rings. The molecule has 0 fully saturated rings. The lowest BCUT2D eigenvalue weighted by molar-refractivity contribution is 0.498. The van der Waals surface area contributed by atoms with E-state index < -0.39 is 0 Å². The van der Waals surface area contributed by atoms with Gasteiger partial charge in [0.1, 0.15) is 0 Å². The Kier molecular flexibility index (Phi) is 6.74. The highest BCUT2D eigenvalue weighted by molar-refractivity contribution is 9.10. The van der Waals surface area contributed by atoms with E-state index in [-0.39, 0.29) is 0 Å². The average molecular weight is 284 g/mol. The van der Waals surface area contributed by atoms with Crippen LogP contribution < -0.4 is 5.32 Å². The summed E-state index contributed by atoms with van der Waals surface area (Å²) in [6, 6.07) is 8.62. The van der Waals surface area contributed by atoms with E-state index in [9.17, 15) is 0 Å². The molecule has 0 bridgehead atoms. The summed E-state index contributed by atoms with van der Waals surface area (Å²) in [6.45, 7) is 6.82. The van der Waals surface area contributed by atoms with Crippen LogP contribution in [0, 0.1) is 5.92 Å². The van der Waals surface area contributed by atoms with E-state index in [0.717, 1.165) is 19.0 Å². The summed E-state index contributed by atoms with van der Waals surface area (Å²) in [4.78, 5) is 0. The molecule has 1 unspecified atom stereocenters. The highest BCUT2D eigenvalue weighted by Gasteiger charge is 2.03. The standard InChI is InChI=1S/C14H22BrN/c1-3-8-16-9-7-12(2)10-13-5-4-6-14(15)11-13/h4-6,11-12,16H,3,7-10H2,1-2H3. The summed E-state index contributed by atoms with van der Waals surface area (Å²) in [7, 11) is 0. The zero-order valence-electron chi connectivity index (χ0n) is 10.3. The van der Waals surface area contributed by atoms with Crippen molar-refractivity contribution in [1.82, 2.24) is 5.32 Å². The molecule has 1 atom stereocenters. The Morgan fingerprint density at radius 1 is 1.31 bits per heavy atom. The maximum atomic E-state index is 3.51. The molecular formula is C14H22BrN. The number of rotatable bonds is 7. The molecule has 0 heterocycles. The second-order valence-corrected chi connectivity index (χ2v) is 5.39. The average Bonchev–Trinajstić information content (AvgIpc) is 2.24. The summed E-state index contributed by atoms with van der Waals surface area (Å²) in [6.07, 6.45) is 3.65. The normalized spacial score (nSPS) is 12.7. The van der Waals surface area contributed by atoms with Crippen LogP contribution in [0.3, 0.4) is 0 Å². The number of nitrogens with one attached hydrogen (secondary N) is 1. The fraction of sp³-hybridized carbons (Fsp3) is 0.571. The molecule has 0 saturated carbocycles. The Morgan fingerprint density at radius 2 is 2.12 bits per heavy atom. The van der Waals surface area contributed by atoms with Crippen molar-refractivity contribution in [2.24, 2.45) is 5.92 Å². The van der Waals surface area contributed by atoms with Crippen molar-refractivity contribution in [3.05, 3.63) is 34.3 Å². The van der Waals surface area contributed by atoms with Gasteiger partial charge in [-0.05, 0) is 56.0 Å². The highest BCUT2D eigenvalue weighted by atomic mass is 79.9. The van der Waals surface area contributed by atoms with Crippen molar-refractivity contribution < 1.29 is 0 Å². The zero-order chi connectivity index (χ0) is 11.8. The molecule has 1 N–H and O–H groups in total. The zero-order valence-corrected chi connectivity index (χ0v) is 11.9. The monoisotopic (exact) mass is 283 g/mol. The minimum Gasteiger partial charge on any atom is -0.317 e. The van der Waals surface area contributed by atoms with Crippen molar-refractivity contribution >= 4 is 15.9 Å². The SMILES string of the molecule is CCCNCCC(C)Cc1cccc(Br)c1. The topological polar surface area (TPSA) is 12.0 Å². The highest BCUT2D eigenvalue weighted by Crippen LogP contribution is 2.16. The van der Waals surface area contributed by atoms with Gasteiger partial charge in [-0.25, -0.2) is 0 Å². The van der Waals surface area contributed by atoms with E-state index in [2.05, 4.69) is 59.4 Å². The summed E-state index contributed by atoms with van der Waals surface area (Å²) < 4.78 is 1.18. The minimum atomic E-state index is 0.749. The largest absolute Gasteiger partial charge is 0.317 e. The van der Waals surface area contributed by atoms with Crippen LogP contribution in [0.5, 0.6) is 0 Å². The Balaban J connectivity index is 2.25. The van der Waals surface area contributed by atoms with Crippen LogP contribution in [0.1, 0.15) is 32.3 Å². The molecule has 0 saturated heterocycles. The molecule has 0 aliphatic carbocycles. The third kappa shape index (κ3) is 5.66. The molecule has 0 amide bonds. The molecule has 2 heteroatoms. The number of halogens is 1. The minimum absolute atomic E-state index is 0.749. The van der Waals surface area contributed by atoms with Crippen LogP contribution in [-0.2, 0) is 6.42 Å². The van der Waals surface area contributed by atoms with Crippen molar-refractivity contribution in [2.45, 2.75) is 33.1 Å². The van der Waals surface area contributed by atoms with Crippen LogP contribution in [0.4, 0.5) is 0 Å². The first-order chi connectivity index (χ1) is 7.72. The van der Waals surface area contributed by atoms with Gasteiger partial charge in [0.2, 0.25) is 0 Å². The predicted molar refractivity (Wildman–Crippen MR) is 74.8 cm³/mol. The summed E-state index contributed by atoms with van der Waals surface area (Å²) in [5.41, 5.74) is 1.43. The van der Waals surface area contributed by atoms with E-state index in [1.807, 2.05) is 0 Å². The Hall–Kier alpha value is -0.340. The van der Waals surface area contributed by atoms with Crippen LogP contribution >= 0.6 is 15.9 Å². The first-order valence-corrected chi connectivity index (χ1v) is 6.96. The molecule has 16 heavy (non-hydrogen) atoms.